The molecule has 1 aromatic carbocycles. The van der Waals surface area contributed by atoms with Crippen molar-refractivity contribution >= 4 is 23.7 Å². The number of rotatable bonds is 5. The number of carboxylic acid groups (broad SMARTS) is 1. The predicted molar refractivity (Wildman–Crippen MR) is 81.2 cm³/mol. The van der Waals surface area contributed by atoms with E-state index in [9.17, 15) is 19.2 Å². The van der Waals surface area contributed by atoms with Gasteiger partial charge in [-0.25, -0.2) is 0 Å². The lowest BCUT2D eigenvalue weighted by atomic mass is 10.0. The van der Waals surface area contributed by atoms with Gasteiger partial charge in [-0.2, -0.15) is 0 Å². The molecule has 7 nitrogen and oxygen atoms in total. The summed E-state index contributed by atoms with van der Waals surface area (Å²) in [5, 5.41) is 8.96. The highest BCUT2D eigenvalue weighted by atomic mass is 16.4. The average molecular weight is 318 g/mol. The number of carbonyl (C=O) groups excluding carboxylic acids is 3. The molecule has 3 amide bonds. The Morgan fingerprint density at radius 2 is 1.78 bits per heavy atom. The van der Waals surface area contributed by atoms with Gasteiger partial charge in [0.2, 0.25) is 0 Å². The van der Waals surface area contributed by atoms with Gasteiger partial charge in [0.25, 0.3) is 17.7 Å². The molecule has 0 atom stereocenters. The maximum Gasteiger partial charge on any atom is 0.323 e. The summed E-state index contributed by atoms with van der Waals surface area (Å²) in [6.45, 7) is 3.62. The van der Waals surface area contributed by atoms with E-state index in [0.29, 0.717) is 0 Å². The largest absolute Gasteiger partial charge is 0.480 e. The smallest absolute Gasteiger partial charge is 0.323 e. The Morgan fingerprint density at radius 1 is 1.17 bits per heavy atom. The van der Waals surface area contributed by atoms with Gasteiger partial charge in [-0.15, -0.1) is 0 Å². The van der Waals surface area contributed by atoms with E-state index in [0.717, 1.165) is 4.90 Å². The summed E-state index contributed by atoms with van der Waals surface area (Å²) in [5.74, 6) is -2.35. The van der Waals surface area contributed by atoms with Crippen LogP contribution in [0.3, 0.4) is 0 Å². The number of hydrogen-bond donors (Lipinski definition) is 1. The predicted octanol–water partition coefficient (Wildman–Crippen LogP) is 1.10. The van der Waals surface area contributed by atoms with Gasteiger partial charge in [-0.3, -0.25) is 24.1 Å². The summed E-state index contributed by atoms with van der Waals surface area (Å²) < 4.78 is 0. The number of nitrogens with zero attached hydrogens (tertiary/aromatic N) is 2. The zero-order valence-corrected chi connectivity index (χ0v) is 13.2. The van der Waals surface area contributed by atoms with E-state index in [2.05, 4.69) is 0 Å². The summed E-state index contributed by atoms with van der Waals surface area (Å²) in [6.07, 6.45) is 0. The van der Waals surface area contributed by atoms with Gasteiger partial charge in [-0.1, -0.05) is 13.8 Å². The molecule has 0 unspecified atom stereocenters. The standard InChI is InChI=1S/C16H18N2O5/c1-9(2)7-18(8-13(19)20)14(21)10-4-5-11-12(6-10)16(23)17(3)15(11)22/h4-6,9H,7-8H2,1-3H3,(H,19,20). The molecule has 1 heterocycles. The summed E-state index contributed by atoms with van der Waals surface area (Å²) in [6, 6.07) is 4.23. The first-order chi connectivity index (χ1) is 10.7. The fraction of sp³-hybridized carbons (Fsp3) is 0.375. The number of amides is 3. The Hall–Kier alpha value is -2.70. The molecular weight excluding hydrogens is 300 g/mol. The second kappa shape index (κ2) is 6.20. The molecule has 0 aromatic heterocycles. The number of hydrogen-bond acceptors (Lipinski definition) is 4. The Labute approximate surface area is 133 Å². The van der Waals surface area contributed by atoms with Gasteiger partial charge < -0.3 is 10.0 Å². The van der Waals surface area contributed by atoms with Crippen LogP contribution in [-0.2, 0) is 4.79 Å². The first-order valence-corrected chi connectivity index (χ1v) is 7.20. The molecule has 0 radical (unpaired) electrons. The number of fused-ring (bicyclic) bond motifs is 1. The Bertz CT molecular complexity index is 696. The minimum absolute atomic E-state index is 0.0991. The van der Waals surface area contributed by atoms with E-state index in [1.807, 2.05) is 13.8 Å². The highest BCUT2D eigenvalue weighted by molar-refractivity contribution is 6.21. The molecule has 1 N–H and O–H groups in total. The van der Waals surface area contributed by atoms with Crippen LogP contribution in [0.25, 0.3) is 0 Å². The number of carboxylic acids is 1. The monoisotopic (exact) mass is 318 g/mol. The maximum atomic E-state index is 12.5. The van der Waals surface area contributed by atoms with E-state index in [-0.39, 0.29) is 29.2 Å². The van der Waals surface area contributed by atoms with Crippen molar-refractivity contribution < 1.29 is 24.3 Å². The summed E-state index contributed by atoms with van der Waals surface area (Å²) in [5.41, 5.74) is 0.618. The lowest BCUT2D eigenvalue weighted by Crippen LogP contribution is -2.38. The van der Waals surface area contributed by atoms with Gasteiger partial charge in [0.1, 0.15) is 6.54 Å². The molecule has 0 saturated heterocycles. The van der Waals surface area contributed by atoms with Crippen LogP contribution < -0.4 is 0 Å². The fourth-order valence-electron chi connectivity index (χ4n) is 2.50. The van der Waals surface area contributed by atoms with Crippen molar-refractivity contribution in [3.05, 3.63) is 34.9 Å². The van der Waals surface area contributed by atoms with Gasteiger partial charge in [0.15, 0.2) is 0 Å². The van der Waals surface area contributed by atoms with Crippen LogP contribution in [0.5, 0.6) is 0 Å². The molecule has 0 fully saturated rings. The average Bonchev–Trinajstić information content (AvgIpc) is 2.69. The molecule has 0 bridgehead atoms. The van der Waals surface area contributed by atoms with E-state index < -0.39 is 30.2 Å². The molecule has 0 aliphatic carbocycles. The van der Waals surface area contributed by atoms with Crippen molar-refractivity contribution in [3.63, 3.8) is 0 Å². The molecule has 2 rings (SSSR count). The van der Waals surface area contributed by atoms with Crippen LogP contribution in [0.1, 0.15) is 44.9 Å². The van der Waals surface area contributed by atoms with Crippen LogP contribution >= 0.6 is 0 Å². The Balaban J connectivity index is 2.34. The molecule has 0 saturated carbocycles. The summed E-state index contributed by atoms with van der Waals surface area (Å²) in [7, 11) is 1.38. The zero-order valence-electron chi connectivity index (χ0n) is 13.2. The summed E-state index contributed by atoms with van der Waals surface area (Å²) in [4.78, 5) is 49.5. The van der Waals surface area contributed by atoms with Crippen molar-refractivity contribution in [3.8, 4) is 0 Å². The molecule has 23 heavy (non-hydrogen) atoms. The molecule has 1 aliphatic rings. The van der Waals surface area contributed by atoms with Gasteiger partial charge in [0, 0.05) is 19.2 Å². The molecule has 7 heteroatoms. The molecular formula is C16H18N2O5. The van der Waals surface area contributed by atoms with E-state index in [1.165, 1.54) is 30.1 Å². The van der Waals surface area contributed by atoms with Crippen molar-refractivity contribution in [2.24, 2.45) is 5.92 Å². The number of aliphatic carboxylic acids is 1. The van der Waals surface area contributed by atoms with Crippen LogP contribution in [-0.4, -0.2) is 58.7 Å². The Kier molecular flexibility index (Phi) is 4.49. The van der Waals surface area contributed by atoms with Crippen molar-refractivity contribution in [1.29, 1.82) is 0 Å². The second-order valence-corrected chi connectivity index (χ2v) is 5.90. The van der Waals surface area contributed by atoms with Crippen molar-refractivity contribution in [1.82, 2.24) is 9.80 Å². The number of carbonyl (C=O) groups is 4. The van der Waals surface area contributed by atoms with Crippen LogP contribution in [0.4, 0.5) is 0 Å². The molecule has 1 aliphatic heterocycles. The quantitative estimate of drug-likeness (QED) is 0.820. The van der Waals surface area contributed by atoms with Crippen LogP contribution in [0.15, 0.2) is 18.2 Å². The van der Waals surface area contributed by atoms with E-state index in [4.69, 9.17) is 5.11 Å². The third-order valence-corrected chi connectivity index (χ3v) is 3.54. The molecule has 122 valence electrons. The van der Waals surface area contributed by atoms with Gasteiger partial charge in [0.05, 0.1) is 11.1 Å². The molecule has 1 aromatic rings. The number of imide groups is 1. The minimum atomic E-state index is -1.11. The highest BCUT2D eigenvalue weighted by Crippen LogP contribution is 2.23. The topological polar surface area (TPSA) is 95.0 Å². The lowest BCUT2D eigenvalue weighted by Gasteiger charge is -2.23. The van der Waals surface area contributed by atoms with Crippen LogP contribution in [0, 0.1) is 5.92 Å². The first kappa shape index (κ1) is 16.7. The minimum Gasteiger partial charge on any atom is -0.480 e. The zero-order chi connectivity index (χ0) is 17.3. The van der Waals surface area contributed by atoms with Crippen LogP contribution in [0.2, 0.25) is 0 Å². The third kappa shape index (κ3) is 3.23. The third-order valence-electron chi connectivity index (χ3n) is 3.54. The van der Waals surface area contributed by atoms with Gasteiger partial charge in [-0.05, 0) is 24.1 Å². The highest BCUT2D eigenvalue weighted by Gasteiger charge is 2.33. The SMILES string of the molecule is CC(C)CN(CC(=O)O)C(=O)c1ccc2c(c1)C(=O)N(C)C2=O. The second-order valence-electron chi connectivity index (χ2n) is 5.90. The normalized spacial score (nSPS) is 13.5. The maximum absolute atomic E-state index is 12.5. The van der Waals surface area contributed by atoms with E-state index >= 15 is 0 Å². The lowest BCUT2D eigenvalue weighted by molar-refractivity contribution is -0.137. The number of benzene rings is 1. The Morgan fingerprint density at radius 3 is 2.35 bits per heavy atom. The van der Waals surface area contributed by atoms with Crippen molar-refractivity contribution in [2.45, 2.75) is 13.8 Å². The first-order valence-electron chi connectivity index (χ1n) is 7.20. The molecule has 0 spiro atoms. The van der Waals surface area contributed by atoms with Gasteiger partial charge >= 0.3 is 5.97 Å². The van der Waals surface area contributed by atoms with E-state index in [1.54, 1.807) is 0 Å². The fourth-order valence-corrected chi connectivity index (χ4v) is 2.50. The summed E-state index contributed by atoms with van der Waals surface area (Å²) >= 11 is 0. The van der Waals surface area contributed by atoms with Crippen molar-refractivity contribution in [2.75, 3.05) is 20.1 Å².